The lowest BCUT2D eigenvalue weighted by Crippen LogP contribution is -2.09. The van der Waals surface area contributed by atoms with E-state index in [0.717, 1.165) is 39.4 Å². The van der Waals surface area contributed by atoms with Gasteiger partial charge in [-0.25, -0.2) is 9.97 Å². The summed E-state index contributed by atoms with van der Waals surface area (Å²) in [5, 5.41) is 2.82. The van der Waals surface area contributed by atoms with Crippen molar-refractivity contribution >= 4 is 28.3 Å². The maximum Gasteiger partial charge on any atom is 0.221 e. The molecule has 0 radical (unpaired) electrons. The van der Waals surface area contributed by atoms with E-state index in [2.05, 4.69) is 25.8 Å². The molecule has 0 atom stereocenters. The van der Waals surface area contributed by atoms with Gasteiger partial charge in [0.2, 0.25) is 5.91 Å². The largest absolute Gasteiger partial charge is 0.345 e. The van der Waals surface area contributed by atoms with Crippen molar-refractivity contribution in [2.75, 3.05) is 5.32 Å². The summed E-state index contributed by atoms with van der Waals surface area (Å²) in [4.78, 5) is 24.2. The molecule has 0 unspecified atom stereocenters. The number of nitrogens with zero attached hydrogens (tertiary/aromatic N) is 3. The van der Waals surface area contributed by atoms with E-state index >= 15 is 0 Å². The maximum absolute atomic E-state index is 11.3. The first-order valence-electron chi connectivity index (χ1n) is 9.93. The number of aromatic amines is 1. The van der Waals surface area contributed by atoms with Gasteiger partial charge in [0.1, 0.15) is 5.82 Å². The van der Waals surface area contributed by atoms with E-state index in [0.29, 0.717) is 5.92 Å². The molecular weight excluding hydrogens is 350 g/mol. The van der Waals surface area contributed by atoms with Crippen LogP contribution < -0.4 is 5.32 Å². The van der Waals surface area contributed by atoms with Gasteiger partial charge in [0.05, 0.1) is 22.9 Å². The second-order valence-corrected chi connectivity index (χ2v) is 7.60. The lowest BCUT2D eigenvalue weighted by atomic mass is 9.89. The van der Waals surface area contributed by atoms with Crippen LogP contribution in [0.4, 0.5) is 5.69 Å². The number of amides is 1. The van der Waals surface area contributed by atoms with Crippen molar-refractivity contribution in [2.45, 2.75) is 44.9 Å². The van der Waals surface area contributed by atoms with E-state index < -0.39 is 0 Å². The molecular formula is C22H23N5O. The zero-order chi connectivity index (χ0) is 19.1. The lowest BCUT2D eigenvalue weighted by Gasteiger charge is -2.20. The molecule has 28 heavy (non-hydrogen) atoms. The number of imidazole rings is 1. The van der Waals surface area contributed by atoms with Crippen molar-refractivity contribution < 1.29 is 4.79 Å². The Bertz CT molecular complexity index is 1150. The Morgan fingerprint density at radius 3 is 2.64 bits per heavy atom. The van der Waals surface area contributed by atoms with Crippen molar-refractivity contribution in [1.82, 2.24) is 19.4 Å². The summed E-state index contributed by atoms with van der Waals surface area (Å²) in [6.07, 6.45) is 10.1. The third-order valence-electron chi connectivity index (χ3n) is 5.65. The average molecular weight is 373 g/mol. The van der Waals surface area contributed by atoms with Gasteiger partial charge in [0.15, 0.2) is 5.65 Å². The molecule has 6 heteroatoms. The van der Waals surface area contributed by atoms with Crippen LogP contribution in [-0.4, -0.2) is 25.3 Å². The molecule has 3 aromatic heterocycles. The first kappa shape index (κ1) is 17.0. The molecule has 1 aliphatic carbocycles. The minimum atomic E-state index is -0.0705. The predicted octanol–water partition coefficient (Wildman–Crippen LogP) is 4.88. The molecule has 0 bridgehead atoms. The topological polar surface area (TPSA) is 75.1 Å². The Kier molecular flexibility index (Phi) is 4.11. The SMILES string of the molecule is CC(=O)Nc1ccc(-c2nc(C3CCCCC3)n3c2cnc2[nH]ccc23)cc1. The van der Waals surface area contributed by atoms with Gasteiger partial charge in [-0.1, -0.05) is 31.4 Å². The number of anilines is 1. The number of hydrogen-bond donors (Lipinski definition) is 2. The van der Waals surface area contributed by atoms with Crippen LogP contribution in [0.3, 0.4) is 0 Å². The molecule has 0 aliphatic heterocycles. The number of rotatable bonds is 3. The molecule has 0 spiro atoms. The third-order valence-corrected chi connectivity index (χ3v) is 5.65. The number of fused-ring (bicyclic) bond motifs is 3. The summed E-state index contributed by atoms with van der Waals surface area (Å²) in [5.74, 6) is 1.55. The summed E-state index contributed by atoms with van der Waals surface area (Å²) in [6, 6.07) is 9.95. The minimum absolute atomic E-state index is 0.0705. The Morgan fingerprint density at radius 2 is 1.89 bits per heavy atom. The normalized spacial score (nSPS) is 15.3. The van der Waals surface area contributed by atoms with Crippen molar-refractivity contribution in [3.63, 3.8) is 0 Å². The molecule has 2 N–H and O–H groups in total. The highest BCUT2D eigenvalue weighted by molar-refractivity contribution is 5.89. The molecule has 4 aromatic rings. The van der Waals surface area contributed by atoms with Crippen LogP contribution in [0, 0.1) is 0 Å². The molecule has 5 rings (SSSR count). The monoisotopic (exact) mass is 373 g/mol. The van der Waals surface area contributed by atoms with Gasteiger partial charge in [-0.05, 0) is 31.0 Å². The summed E-state index contributed by atoms with van der Waals surface area (Å²) in [7, 11) is 0. The summed E-state index contributed by atoms with van der Waals surface area (Å²) in [5.41, 5.74) is 5.76. The average Bonchev–Trinajstić information content (AvgIpc) is 3.33. The van der Waals surface area contributed by atoms with Crippen molar-refractivity contribution in [3.8, 4) is 11.3 Å². The quantitative estimate of drug-likeness (QED) is 0.537. The van der Waals surface area contributed by atoms with Gasteiger partial charge in [-0.15, -0.1) is 0 Å². The number of H-pyrrole nitrogens is 1. The highest BCUT2D eigenvalue weighted by Crippen LogP contribution is 2.36. The molecule has 1 aliphatic rings. The molecule has 1 saturated carbocycles. The summed E-state index contributed by atoms with van der Waals surface area (Å²) < 4.78 is 2.28. The molecule has 1 amide bonds. The van der Waals surface area contributed by atoms with Gasteiger partial charge >= 0.3 is 0 Å². The fourth-order valence-corrected chi connectivity index (χ4v) is 4.35. The van der Waals surface area contributed by atoms with Gasteiger partial charge in [0.25, 0.3) is 0 Å². The van der Waals surface area contributed by atoms with Gasteiger partial charge in [0, 0.05) is 30.3 Å². The first-order valence-corrected chi connectivity index (χ1v) is 9.93. The number of benzene rings is 1. The minimum Gasteiger partial charge on any atom is -0.345 e. The Balaban J connectivity index is 1.67. The van der Waals surface area contributed by atoms with Crippen LogP contribution >= 0.6 is 0 Å². The van der Waals surface area contributed by atoms with Crippen molar-refractivity contribution in [1.29, 1.82) is 0 Å². The second kappa shape index (κ2) is 6.78. The number of aromatic nitrogens is 4. The maximum atomic E-state index is 11.3. The molecule has 3 heterocycles. The van der Waals surface area contributed by atoms with Crippen LogP contribution in [0.5, 0.6) is 0 Å². The zero-order valence-electron chi connectivity index (χ0n) is 15.9. The molecule has 142 valence electrons. The zero-order valence-corrected chi connectivity index (χ0v) is 15.9. The molecule has 1 fully saturated rings. The molecule has 0 saturated heterocycles. The Morgan fingerprint density at radius 1 is 1.11 bits per heavy atom. The van der Waals surface area contributed by atoms with Crippen molar-refractivity contribution in [2.24, 2.45) is 0 Å². The van der Waals surface area contributed by atoms with Crippen LogP contribution in [0.1, 0.15) is 50.8 Å². The first-order chi connectivity index (χ1) is 13.7. The predicted molar refractivity (Wildman–Crippen MR) is 110 cm³/mol. The fourth-order valence-electron chi connectivity index (χ4n) is 4.35. The van der Waals surface area contributed by atoms with Crippen LogP contribution in [0.25, 0.3) is 27.9 Å². The number of carbonyl (C=O) groups excluding carboxylic acids is 1. The highest BCUT2D eigenvalue weighted by atomic mass is 16.1. The van der Waals surface area contributed by atoms with Gasteiger partial charge < -0.3 is 10.3 Å². The van der Waals surface area contributed by atoms with Crippen molar-refractivity contribution in [3.05, 3.63) is 48.5 Å². The summed E-state index contributed by atoms with van der Waals surface area (Å²) in [6.45, 7) is 1.51. The van der Waals surface area contributed by atoms with E-state index in [1.165, 1.54) is 39.0 Å². The molecule has 1 aromatic carbocycles. The summed E-state index contributed by atoms with van der Waals surface area (Å²) >= 11 is 0. The van der Waals surface area contributed by atoms with E-state index in [1.807, 2.05) is 36.7 Å². The Labute approximate surface area is 163 Å². The van der Waals surface area contributed by atoms with Crippen LogP contribution in [0.15, 0.2) is 42.7 Å². The number of carbonyl (C=O) groups is 1. The van der Waals surface area contributed by atoms with E-state index in [-0.39, 0.29) is 5.91 Å². The van der Waals surface area contributed by atoms with E-state index in [9.17, 15) is 4.79 Å². The lowest BCUT2D eigenvalue weighted by molar-refractivity contribution is -0.114. The Hall–Kier alpha value is -3.15. The standard InChI is InChI=1S/C22H23N5O/c1-14(28)25-17-9-7-15(8-10-17)20-19-13-24-21-18(11-12-23-21)27(19)22(26-20)16-5-3-2-4-6-16/h7-13,16,23H,2-6H2,1H3,(H,25,28). The van der Waals surface area contributed by atoms with Crippen LogP contribution in [-0.2, 0) is 4.79 Å². The van der Waals surface area contributed by atoms with Gasteiger partial charge in [-0.2, -0.15) is 0 Å². The fraction of sp³-hybridized carbons (Fsp3) is 0.318. The third kappa shape index (κ3) is 2.85. The van der Waals surface area contributed by atoms with Gasteiger partial charge in [-0.3, -0.25) is 9.20 Å². The highest BCUT2D eigenvalue weighted by Gasteiger charge is 2.24. The van der Waals surface area contributed by atoms with E-state index in [1.54, 1.807) is 0 Å². The van der Waals surface area contributed by atoms with E-state index in [4.69, 9.17) is 4.98 Å². The number of nitrogens with one attached hydrogen (secondary N) is 2. The van der Waals surface area contributed by atoms with Crippen LogP contribution in [0.2, 0.25) is 0 Å². The smallest absolute Gasteiger partial charge is 0.221 e. The number of hydrogen-bond acceptors (Lipinski definition) is 3. The molecule has 6 nitrogen and oxygen atoms in total. The second-order valence-electron chi connectivity index (χ2n) is 7.60.